The number of amides is 1. The molecule has 3 fully saturated rings. The van der Waals surface area contributed by atoms with Crippen LogP contribution in [-0.2, 0) is 14.3 Å². The Morgan fingerprint density at radius 1 is 1.14 bits per heavy atom. The molecule has 3 saturated heterocycles. The molecule has 3 rings (SSSR count). The van der Waals surface area contributed by atoms with Gasteiger partial charge < -0.3 is 9.64 Å². The van der Waals surface area contributed by atoms with Gasteiger partial charge in [-0.2, -0.15) is 0 Å². The summed E-state index contributed by atoms with van der Waals surface area (Å²) in [5.74, 6) is 1.37. The van der Waals surface area contributed by atoms with Gasteiger partial charge in [0.15, 0.2) is 0 Å². The lowest BCUT2D eigenvalue weighted by atomic mass is 9.84. The van der Waals surface area contributed by atoms with Crippen LogP contribution in [0.4, 0.5) is 0 Å². The van der Waals surface area contributed by atoms with Gasteiger partial charge >= 0.3 is 5.97 Å². The highest BCUT2D eigenvalue weighted by Gasteiger charge is 2.49. The van der Waals surface area contributed by atoms with Crippen molar-refractivity contribution in [2.45, 2.75) is 77.5 Å². The van der Waals surface area contributed by atoms with E-state index in [1.54, 1.807) is 0 Å². The minimum Gasteiger partial charge on any atom is -0.460 e. The Hall–Kier alpha value is -1.06. The lowest BCUT2D eigenvalue weighted by Gasteiger charge is -2.36. The van der Waals surface area contributed by atoms with E-state index in [1.165, 1.54) is 0 Å². The van der Waals surface area contributed by atoms with Crippen molar-refractivity contribution in [3.8, 4) is 0 Å². The highest BCUT2D eigenvalue weighted by Crippen LogP contribution is 2.41. The van der Waals surface area contributed by atoms with E-state index in [0.717, 1.165) is 32.1 Å². The van der Waals surface area contributed by atoms with E-state index in [4.69, 9.17) is 4.74 Å². The Morgan fingerprint density at radius 3 is 2.48 bits per heavy atom. The van der Waals surface area contributed by atoms with E-state index in [0.29, 0.717) is 24.3 Å². The quantitative estimate of drug-likeness (QED) is 0.735. The molecule has 0 N–H and O–H groups in total. The van der Waals surface area contributed by atoms with Crippen LogP contribution in [-0.4, -0.2) is 35.0 Å². The summed E-state index contributed by atoms with van der Waals surface area (Å²) in [5.41, 5.74) is 0. The molecule has 0 aromatic rings. The van der Waals surface area contributed by atoms with Crippen LogP contribution in [0.3, 0.4) is 0 Å². The van der Waals surface area contributed by atoms with Crippen molar-refractivity contribution >= 4 is 11.9 Å². The Kier molecular flexibility index (Phi) is 3.98. The normalized spacial score (nSPS) is 40.4. The Bertz CT molecular complexity index is 434. The molecule has 4 nitrogen and oxygen atoms in total. The number of carbonyl (C=O) groups is 2. The second kappa shape index (κ2) is 5.62. The number of ether oxygens (including phenoxy) is 1. The monoisotopic (exact) mass is 293 g/mol. The van der Waals surface area contributed by atoms with Crippen molar-refractivity contribution in [3.05, 3.63) is 0 Å². The van der Waals surface area contributed by atoms with E-state index < -0.39 is 0 Å². The maximum Gasteiger partial charge on any atom is 0.309 e. The van der Waals surface area contributed by atoms with Gasteiger partial charge in [-0.15, -0.1) is 0 Å². The summed E-state index contributed by atoms with van der Waals surface area (Å²) in [5, 5.41) is 0. The fourth-order valence-electron chi connectivity index (χ4n) is 4.60. The zero-order valence-corrected chi connectivity index (χ0v) is 13.4. The predicted molar refractivity (Wildman–Crippen MR) is 79.5 cm³/mol. The van der Waals surface area contributed by atoms with Gasteiger partial charge in [-0.05, 0) is 43.9 Å². The number of carbonyl (C=O) groups excluding carboxylic acids is 2. The highest BCUT2D eigenvalue weighted by atomic mass is 16.6. The smallest absolute Gasteiger partial charge is 0.309 e. The van der Waals surface area contributed by atoms with Crippen LogP contribution < -0.4 is 0 Å². The lowest BCUT2D eigenvalue weighted by Crippen LogP contribution is -2.48. The fraction of sp³-hybridized carbons (Fsp3) is 0.882. The van der Waals surface area contributed by atoms with Crippen LogP contribution >= 0.6 is 0 Å². The summed E-state index contributed by atoms with van der Waals surface area (Å²) in [6, 6.07) is 0.482. The topological polar surface area (TPSA) is 46.6 Å². The zero-order valence-electron chi connectivity index (χ0n) is 13.4. The van der Waals surface area contributed by atoms with Crippen LogP contribution in [0, 0.1) is 17.8 Å². The SMILES string of the molecule is CC(C)[C@H]1CCCC(=O)N2[C@H]([C@@H]3C[C@H](C)C(=O)O3)CC[C@@H]12. The average molecular weight is 293 g/mol. The average Bonchev–Trinajstić information content (AvgIpc) is 2.94. The zero-order chi connectivity index (χ0) is 15.1. The summed E-state index contributed by atoms with van der Waals surface area (Å²) in [4.78, 5) is 26.4. The van der Waals surface area contributed by atoms with E-state index in [9.17, 15) is 9.59 Å². The summed E-state index contributed by atoms with van der Waals surface area (Å²) in [6.07, 6.45) is 5.57. The number of rotatable bonds is 2. The molecule has 0 spiro atoms. The van der Waals surface area contributed by atoms with E-state index in [2.05, 4.69) is 18.7 Å². The van der Waals surface area contributed by atoms with Gasteiger partial charge in [0.1, 0.15) is 6.10 Å². The first-order chi connectivity index (χ1) is 9.99. The van der Waals surface area contributed by atoms with Gasteiger partial charge in [-0.3, -0.25) is 9.59 Å². The van der Waals surface area contributed by atoms with Gasteiger partial charge in [-0.1, -0.05) is 20.8 Å². The fourth-order valence-corrected chi connectivity index (χ4v) is 4.60. The number of hydrogen-bond acceptors (Lipinski definition) is 3. The second-order valence-corrected chi connectivity index (χ2v) is 7.43. The number of cyclic esters (lactones) is 1. The molecule has 3 aliphatic rings. The first-order valence-corrected chi connectivity index (χ1v) is 8.50. The molecule has 21 heavy (non-hydrogen) atoms. The van der Waals surface area contributed by atoms with Crippen LogP contribution in [0.1, 0.15) is 59.3 Å². The van der Waals surface area contributed by atoms with Crippen LogP contribution in [0.25, 0.3) is 0 Å². The van der Waals surface area contributed by atoms with E-state index in [-0.39, 0.29) is 29.9 Å². The standard InChI is InChI=1S/C17H27NO3/c1-10(2)12-5-4-6-16(19)18-13(12)7-8-14(18)15-9-11(3)17(20)21-15/h10-15H,4-9H2,1-3H3/t11-,12+,13-,14-,15-/m0/s1. The summed E-state index contributed by atoms with van der Waals surface area (Å²) >= 11 is 0. The second-order valence-electron chi connectivity index (χ2n) is 7.43. The number of nitrogens with zero attached hydrogens (tertiary/aromatic N) is 1. The van der Waals surface area contributed by atoms with E-state index in [1.807, 2.05) is 6.92 Å². The summed E-state index contributed by atoms with van der Waals surface area (Å²) < 4.78 is 5.56. The summed E-state index contributed by atoms with van der Waals surface area (Å²) in [6.45, 7) is 6.46. The van der Waals surface area contributed by atoms with Gasteiger partial charge in [0.05, 0.1) is 12.0 Å². The molecular weight excluding hydrogens is 266 g/mol. The molecule has 0 aromatic heterocycles. The Labute approximate surface area is 127 Å². The maximum absolute atomic E-state index is 12.6. The van der Waals surface area contributed by atoms with Crippen molar-refractivity contribution in [2.75, 3.05) is 0 Å². The Morgan fingerprint density at radius 2 is 1.86 bits per heavy atom. The molecular formula is C17H27NO3. The highest BCUT2D eigenvalue weighted by molar-refractivity contribution is 5.78. The van der Waals surface area contributed by atoms with Crippen molar-refractivity contribution in [1.82, 2.24) is 4.90 Å². The molecule has 118 valence electrons. The van der Waals surface area contributed by atoms with Gasteiger partial charge in [0.2, 0.25) is 5.91 Å². The van der Waals surface area contributed by atoms with Crippen molar-refractivity contribution in [2.24, 2.45) is 17.8 Å². The molecule has 3 aliphatic heterocycles. The Balaban J connectivity index is 1.81. The molecule has 1 amide bonds. The summed E-state index contributed by atoms with van der Waals surface area (Å²) in [7, 11) is 0. The minimum atomic E-state index is -0.0915. The number of fused-ring (bicyclic) bond motifs is 1. The molecule has 0 unspecified atom stereocenters. The van der Waals surface area contributed by atoms with Crippen LogP contribution in [0.15, 0.2) is 0 Å². The van der Waals surface area contributed by atoms with Crippen molar-refractivity contribution in [3.63, 3.8) is 0 Å². The van der Waals surface area contributed by atoms with Crippen LogP contribution in [0.2, 0.25) is 0 Å². The van der Waals surface area contributed by atoms with E-state index >= 15 is 0 Å². The molecule has 0 aromatic carbocycles. The molecule has 0 aliphatic carbocycles. The maximum atomic E-state index is 12.6. The first-order valence-electron chi connectivity index (χ1n) is 8.50. The van der Waals surface area contributed by atoms with Gasteiger partial charge in [0, 0.05) is 12.5 Å². The number of esters is 1. The third-order valence-electron chi connectivity index (χ3n) is 5.72. The molecule has 3 heterocycles. The third-order valence-corrected chi connectivity index (χ3v) is 5.72. The van der Waals surface area contributed by atoms with Crippen molar-refractivity contribution in [1.29, 1.82) is 0 Å². The minimum absolute atomic E-state index is 0.0166. The molecule has 0 bridgehead atoms. The molecule has 0 radical (unpaired) electrons. The molecule has 4 heteroatoms. The largest absolute Gasteiger partial charge is 0.460 e. The third kappa shape index (κ3) is 2.58. The first kappa shape index (κ1) is 14.9. The molecule has 0 saturated carbocycles. The van der Waals surface area contributed by atoms with Crippen LogP contribution in [0.5, 0.6) is 0 Å². The van der Waals surface area contributed by atoms with Gasteiger partial charge in [-0.25, -0.2) is 0 Å². The predicted octanol–water partition coefficient (Wildman–Crippen LogP) is 2.75. The van der Waals surface area contributed by atoms with Crippen molar-refractivity contribution < 1.29 is 14.3 Å². The van der Waals surface area contributed by atoms with Gasteiger partial charge in [0.25, 0.3) is 0 Å². The lowest BCUT2D eigenvalue weighted by molar-refractivity contribution is -0.149. The molecule has 5 atom stereocenters. The number of hydrogen-bond donors (Lipinski definition) is 0.